The van der Waals surface area contributed by atoms with Gasteiger partial charge in [-0.05, 0) is 30.0 Å². The molecular formula is C28H25NO3. The van der Waals surface area contributed by atoms with Crippen molar-refractivity contribution in [1.82, 2.24) is 4.98 Å². The van der Waals surface area contributed by atoms with Gasteiger partial charge in [0.05, 0.1) is 16.8 Å². The predicted octanol–water partition coefficient (Wildman–Crippen LogP) is 6.37. The topological polar surface area (TPSA) is 56.3 Å². The van der Waals surface area contributed by atoms with E-state index in [1.165, 1.54) is 5.56 Å². The SMILES string of the molecule is Cc1cccc2c(C(=O)OCC(=O)c3ccccc3)cc(-c3ccc(C(C)C)cc3)nc12. The molecule has 4 nitrogen and oxygen atoms in total. The largest absolute Gasteiger partial charge is 0.454 e. The summed E-state index contributed by atoms with van der Waals surface area (Å²) >= 11 is 0. The minimum Gasteiger partial charge on any atom is -0.454 e. The zero-order chi connectivity index (χ0) is 22.7. The van der Waals surface area contributed by atoms with Crippen LogP contribution in [0.1, 0.15) is 51.6 Å². The second kappa shape index (κ2) is 9.15. The number of fused-ring (bicyclic) bond motifs is 1. The third-order valence-corrected chi connectivity index (χ3v) is 5.56. The van der Waals surface area contributed by atoms with Gasteiger partial charge in [0.2, 0.25) is 0 Å². The Kier molecular flexibility index (Phi) is 6.13. The Hall–Kier alpha value is -3.79. The first kappa shape index (κ1) is 21.4. The molecule has 0 aliphatic rings. The Labute approximate surface area is 187 Å². The molecule has 32 heavy (non-hydrogen) atoms. The van der Waals surface area contributed by atoms with Crippen LogP contribution in [-0.2, 0) is 4.74 Å². The van der Waals surface area contributed by atoms with E-state index in [-0.39, 0.29) is 12.4 Å². The molecule has 1 aromatic heterocycles. The standard InChI is InChI=1S/C28H25NO3/c1-18(2)20-12-14-21(15-13-20)25-16-24(23-11-7-8-19(3)27(23)29-25)28(31)32-17-26(30)22-9-5-4-6-10-22/h4-16,18H,17H2,1-3H3. The summed E-state index contributed by atoms with van der Waals surface area (Å²) in [5.74, 6) is -0.339. The van der Waals surface area contributed by atoms with Crippen molar-refractivity contribution in [1.29, 1.82) is 0 Å². The third kappa shape index (κ3) is 4.45. The van der Waals surface area contributed by atoms with Crippen LogP contribution in [0.25, 0.3) is 22.2 Å². The van der Waals surface area contributed by atoms with Crippen molar-refractivity contribution < 1.29 is 14.3 Å². The molecule has 0 aliphatic carbocycles. The highest BCUT2D eigenvalue weighted by atomic mass is 16.5. The molecule has 0 N–H and O–H groups in total. The van der Waals surface area contributed by atoms with E-state index >= 15 is 0 Å². The van der Waals surface area contributed by atoms with Crippen molar-refractivity contribution in [3.8, 4) is 11.3 Å². The van der Waals surface area contributed by atoms with Crippen LogP contribution < -0.4 is 0 Å². The number of ketones is 1. The Morgan fingerprint density at radius 2 is 1.62 bits per heavy atom. The lowest BCUT2D eigenvalue weighted by Crippen LogP contribution is -2.15. The van der Waals surface area contributed by atoms with Gasteiger partial charge in [-0.3, -0.25) is 4.79 Å². The van der Waals surface area contributed by atoms with Crippen LogP contribution in [0.4, 0.5) is 0 Å². The number of rotatable bonds is 6. The number of hydrogen-bond donors (Lipinski definition) is 0. The summed E-state index contributed by atoms with van der Waals surface area (Å²) in [5.41, 5.74) is 5.50. The number of pyridine rings is 1. The van der Waals surface area contributed by atoms with E-state index in [2.05, 4.69) is 26.0 Å². The van der Waals surface area contributed by atoms with E-state index < -0.39 is 5.97 Å². The second-order valence-corrected chi connectivity index (χ2v) is 8.17. The maximum Gasteiger partial charge on any atom is 0.339 e. The van der Waals surface area contributed by atoms with Crippen LogP contribution in [0.3, 0.4) is 0 Å². The summed E-state index contributed by atoms with van der Waals surface area (Å²) < 4.78 is 5.42. The molecule has 0 fully saturated rings. The second-order valence-electron chi connectivity index (χ2n) is 8.17. The highest BCUT2D eigenvalue weighted by molar-refractivity contribution is 6.06. The zero-order valence-corrected chi connectivity index (χ0v) is 18.5. The van der Waals surface area contributed by atoms with Gasteiger partial charge in [-0.1, -0.05) is 86.6 Å². The molecule has 1 heterocycles. The summed E-state index contributed by atoms with van der Waals surface area (Å²) in [4.78, 5) is 30.2. The highest BCUT2D eigenvalue weighted by Gasteiger charge is 2.18. The molecule has 0 atom stereocenters. The van der Waals surface area contributed by atoms with Gasteiger partial charge in [-0.25, -0.2) is 9.78 Å². The molecule has 0 saturated heterocycles. The molecule has 0 amide bonds. The van der Waals surface area contributed by atoms with Crippen LogP contribution >= 0.6 is 0 Å². The van der Waals surface area contributed by atoms with Crippen LogP contribution in [-0.4, -0.2) is 23.3 Å². The number of aromatic nitrogens is 1. The number of carbonyl (C=O) groups is 2. The summed E-state index contributed by atoms with van der Waals surface area (Å²) in [6.07, 6.45) is 0. The number of para-hydroxylation sites is 1. The summed E-state index contributed by atoms with van der Waals surface area (Å²) in [6.45, 7) is 5.96. The van der Waals surface area contributed by atoms with Crippen molar-refractivity contribution in [2.75, 3.05) is 6.61 Å². The average Bonchev–Trinajstić information content (AvgIpc) is 2.82. The van der Waals surface area contributed by atoms with E-state index in [1.807, 2.05) is 43.3 Å². The first-order valence-corrected chi connectivity index (χ1v) is 10.7. The Bertz CT molecular complexity index is 1280. The van der Waals surface area contributed by atoms with Gasteiger partial charge in [0.15, 0.2) is 12.4 Å². The van der Waals surface area contributed by atoms with E-state index in [1.54, 1.807) is 30.3 Å². The molecule has 0 bridgehead atoms. The Balaban J connectivity index is 1.69. The van der Waals surface area contributed by atoms with Crippen molar-refractivity contribution in [2.24, 2.45) is 0 Å². The maximum absolute atomic E-state index is 13.0. The lowest BCUT2D eigenvalue weighted by atomic mass is 9.98. The van der Waals surface area contributed by atoms with Crippen LogP contribution in [0.5, 0.6) is 0 Å². The Morgan fingerprint density at radius 1 is 0.906 bits per heavy atom. The number of Topliss-reactive ketones (excluding diaryl/α,β-unsaturated/α-hetero) is 1. The third-order valence-electron chi connectivity index (χ3n) is 5.56. The lowest BCUT2D eigenvalue weighted by Gasteiger charge is -2.12. The van der Waals surface area contributed by atoms with Gasteiger partial charge in [0.25, 0.3) is 0 Å². The fraction of sp³-hybridized carbons (Fsp3) is 0.179. The molecule has 4 rings (SSSR count). The molecule has 0 aliphatic heterocycles. The van der Waals surface area contributed by atoms with E-state index in [9.17, 15) is 9.59 Å². The van der Waals surface area contributed by atoms with Gasteiger partial charge in [-0.2, -0.15) is 0 Å². The fourth-order valence-corrected chi connectivity index (χ4v) is 3.66. The molecule has 3 aromatic carbocycles. The number of aryl methyl sites for hydroxylation is 1. The smallest absolute Gasteiger partial charge is 0.339 e. The number of esters is 1. The highest BCUT2D eigenvalue weighted by Crippen LogP contribution is 2.28. The molecule has 0 radical (unpaired) electrons. The first-order chi connectivity index (χ1) is 15.4. The maximum atomic E-state index is 13.0. The molecule has 160 valence electrons. The number of ether oxygens (including phenoxy) is 1. The number of carbonyl (C=O) groups excluding carboxylic acids is 2. The predicted molar refractivity (Wildman–Crippen MR) is 127 cm³/mol. The molecule has 0 unspecified atom stereocenters. The number of benzene rings is 3. The summed E-state index contributed by atoms with van der Waals surface area (Å²) in [6, 6.07) is 24.5. The Morgan fingerprint density at radius 3 is 2.31 bits per heavy atom. The number of hydrogen-bond acceptors (Lipinski definition) is 4. The van der Waals surface area contributed by atoms with E-state index in [0.717, 1.165) is 16.6 Å². The number of nitrogens with zero attached hydrogens (tertiary/aromatic N) is 1. The van der Waals surface area contributed by atoms with Crippen LogP contribution in [0.15, 0.2) is 78.9 Å². The van der Waals surface area contributed by atoms with Gasteiger partial charge < -0.3 is 4.74 Å². The molecule has 0 saturated carbocycles. The van der Waals surface area contributed by atoms with Crippen molar-refractivity contribution in [3.05, 3.63) is 101 Å². The first-order valence-electron chi connectivity index (χ1n) is 10.7. The van der Waals surface area contributed by atoms with Gasteiger partial charge in [0.1, 0.15) is 0 Å². The lowest BCUT2D eigenvalue weighted by molar-refractivity contribution is 0.0476. The minimum atomic E-state index is -0.535. The van der Waals surface area contributed by atoms with Crippen LogP contribution in [0.2, 0.25) is 0 Å². The quantitative estimate of drug-likeness (QED) is 0.267. The van der Waals surface area contributed by atoms with Gasteiger partial charge >= 0.3 is 5.97 Å². The normalized spacial score (nSPS) is 11.0. The van der Waals surface area contributed by atoms with Crippen molar-refractivity contribution in [3.63, 3.8) is 0 Å². The minimum absolute atomic E-state index is 0.238. The molecule has 4 aromatic rings. The van der Waals surface area contributed by atoms with Crippen LogP contribution in [0, 0.1) is 6.92 Å². The van der Waals surface area contributed by atoms with E-state index in [0.29, 0.717) is 28.1 Å². The van der Waals surface area contributed by atoms with Gasteiger partial charge in [-0.15, -0.1) is 0 Å². The molecule has 0 spiro atoms. The monoisotopic (exact) mass is 423 g/mol. The van der Waals surface area contributed by atoms with E-state index in [4.69, 9.17) is 9.72 Å². The summed E-state index contributed by atoms with van der Waals surface area (Å²) in [5, 5.41) is 0.713. The van der Waals surface area contributed by atoms with Crippen molar-refractivity contribution >= 4 is 22.7 Å². The summed E-state index contributed by atoms with van der Waals surface area (Å²) in [7, 11) is 0. The molecular weight excluding hydrogens is 398 g/mol. The van der Waals surface area contributed by atoms with Gasteiger partial charge in [0, 0.05) is 16.5 Å². The zero-order valence-electron chi connectivity index (χ0n) is 18.5. The fourth-order valence-electron chi connectivity index (χ4n) is 3.66. The molecule has 4 heteroatoms. The van der Waals surface area contributed by atoms with Crippen molar-refractivity contribution in [2.45, 2.75) is 26.7 Å². The average molecular weight is 424 g/mol.